The van der Waals surface area contributed by atoms with Crippen molar-refractivity contribution in [3.8, 4) is 23.0 Å². The molecule has 2 N–H and O–H groups in total. The van der Waals surface area contributed by atoms with Crippen LogP contribution in [0.2, 0.25) is 0 Å². The smallest absolute Gasteiger partial charge is 0.247 e. The fourth-order valence-electron chi connectivity index (χ4n) is 2.08. The fraction of sp³-hybridized carbons (Fsp3) is 0.0667. The van der Waals surface area contributed by atoms with Gasteiger partial charge in [-0.3, -0.25) is 0 Å². The maximum absolute atomic E-state index is 6.00. The van der Waals surface area contributed by atoms with E-state index in [0.717, 1.165) is 5.56 Å². The SMILES string of the molecule is Nn1c(SCc2nnc(-c3ccccc3)o2)nnc1-c1ccco1. The van der Waals surface area contributed by atoms with E-state index < -0.39 is 0 Å². The van der Waals surface area contributed by atoms with Gasteiger partial charge in [-0.15, -0.1) is 20.4 Å². The first-order chi connectivity index (χ1) is 11.8. The standard InChI is InChI=1S/C15H12N6O2S/c16-21-13(11-7-4-8-22-11)18-20-15(21)24-9-12-17-19-14(23-12)10-5-2-1-3-6-10/h1-8H,9,16H2. The van der Waals surface area contributed by atoms with Crippen LogP contribution in [0.5, 0.6) is 0 Å². The lowest BCUT2D eigenvalue weighted by atomic mass is 10.2. The van der Waals surface area contributed by atoms with Gasteiger partial charge in [-0.05, 0) is 24.3 Å². The molecule has 24 heavy (non-hydrogen) atoms. The summed E-state index contributed by atoms with van der Waals surface area (Å²) in [6.45, 7) is 0. The van der Waals surface area contributed by atoms with Crippen molar-refractivity contribution in [2.45, 2.75) is 10.9 Å². The third-order valence-electron chi connectivity index (χ3n) is 3.22. The Morgan fingerprint density at radius 3 is 2.67 bits per heavy atom. The second-order valence-corrected chi connectivity index (χ2v) is 5.75. The zero-order valence-corrected chi connectivity index (χ0v) is 13.2. The Kier molecular flexibility index (Phi) is 3.75. The molecule has 1 aromatic carbocycles. The summed E-state index contributed by atoms with van der Waals surface area (Å²) >= 11 is 1.35. The van der Waals surface area contributed by atoms with Gasteiger partial charge in [-0.2, -0.15) is 0 Å². The van der Waals surface area contributed by atoms with Gasteiger partial charge >= 0.3 is 0 Å². The lowest BCUT2D eigenvalue weighted by Gasteiger charge is -2.00. The van der Waals surface area contributed by atoms with Crippen LogP contribution < -0.4 is 5.84 Å². The summed E-state index contributed by atoms with van der Waals surface area (Å²) in [4.78, 5) is 0. The average Bonchev–Trinajstić information content (AvgIpc) is 3.35. The third-order valence-corrected chi connectivity index (χ3v) is 4.15. The molecule has 0 bridgehead atoms. The number of nitrogen functional groups attached to an aromatic ring is 1. The van der Waals surface area contributed by atoms with Gasteiger partial charge in [-0.1, -0.05) is 30.0 Å². The third kappa shape index (κ3) is 2.76. The van der Waals surface area contributed by atoms with Crippen molar-refractivity contribution in [2.75, 3.05) is 5.84 Å². The van der Waals surface area contributed by atoms with E-state index >= 15 is 0 Å². The number of hydrogen-bond donors (Lipinski definition) is 1. The maximum Gasteiger partial charge on any atom is 0.247 e. The number of nitrogens with two attached hydrogens (primary N) is 1. The summed E-state index contributed by atoms with van der Waals surface area (Å²) in [5.74, 6) is 8.42. The molecule has 0 aliphatic rings. The molecule has 3 aromatic heterocycles. The molecule has 8 nitrogen and oxygen atoms in total. The van der Waals surface area contributed by atoms with Crippen molar-refractivity contribution in [1.29, 1.82) is 0 Å². The highest BCUT2D eigenvalue weighted by Crippen LogP contribution is 2.25. The highest BCUT2D eigenvalue weighted by Gasteiger charge is 2.16. The maximum atomic E-state index is 6.00. The number of benzene rings is 1. The van der Waals surface area contributed by atoms with Crippen LogP contribution in [0.3, 0.4) is 0 Å². The van der Waals surface area contributed by atoms with E-state index in [-0.39, 0.29) is 0 Å². The van der Waals surface area contributed by atoms with Gasteiger partial charge in [0.15, 0.2) is 5.76 Å². The number of aromatic nitrogens is 5. The predicted octanol–water partition coefficient (Wildman–Crippen LogP) is 2.59. The molecule has 3 heterocycles. The van der Waals surface area contributed by atoms with Gasteiger partial charge in [-0.25, -0.2) is 4.68 Å². The normalized spacial score (nSPS) is 11.0. The molecular formula is C15H12N6O2S. The van der Waals surface area contributed by atoms with Crippen LogP contribution in [0, 0.1) is 0 Å². The summed E-state index contributed by atoms with van der Waals surface area (Å²) < 4.78 is 12.3. The largest absolute Gasteiger partial charge is 0.461 e. The lowest BCUT2D eigenvalue weighted by Crippen LogP contribution is -2.11. The van der Waals surface area contributed by atoms with Gasteiger partial charge in [0.2, 0.25) is 22.8 Å². The van der Waals surface area contributed by atoms with Gasteiger partial charge in [0.1, 0.15) is 0 Å². The van der Waals surface area contributed by atoms with Gasteiger partial charge in [0.05, 0.1) is 12.0 Å². The minimum Gasteiger partial charge on any atom is -0.461 e. The molecule has 0 amide bonds. The van der Waals surface area contributed by atoms with E-state index in [9.17, 15) is 0 Å². The number of thioether (sulfide) groups is 1. The quantitative estimate of drug-likeness (QED) is 0.436. The summed E-state index contributed by atoms with van der Waals surface area (Å²) in [6, 6.07) is 13.1. The van der Waals surface area contributed by atoms with Crippen molar-refractivity contribution in [3.05, 3.63) is 54.6 Å². The van der Waals surface area contributed by atoms with E-state index in [0.29, 0.717) is 34.3 Å². The zero-order chi connectivity index (χ0) is 16.4. The minimum absolute atomic E-state index is 0.438. The molecule has 0 aliphatic carbocycles. The van der Waals surface area contributed by atoms with Crippen LogP contribution in [0.4, 0.5) is 0 Å². The van der Waals surface area contributed by atoms with Crippen LogP contribution in [0.25, 0.3) is 23.0 Å². The van der Waals surface area contributed by atoms with Crippen LogP contribution in [0.15, 0.2) is 62.7 Å². The summed E-state index contributed by atoms with van der Waals surface area (Å²) in [6.07, 6.45) is 1.56. The first-order valence-corrected chi connectivity index (χ1v) is 8.05. The number of furan rings is 1. The second-order valence-electron chi connectivity index (χ2n) is 4.81. The first kappa shape index (κ1) is 14.5. The van der Waals surface area contributed by atoms with E-state index in [1.54, 1.807) is 18.4 Å². The summed E-state index contributed by atoms with van der Waals surface area (Å²) in [7, 11) is 0. The molecule has 0 atom stereocenters. The Bertz CT molecular complexity index is 932. The molecule has 0 aliphatic heterocycles. The predicted molar refractivity (Wildman–Crippen MR) is 87.2 cm³/mol. The molecule has 4 aromatic rings. The highest BCUT2D eigenvalue weighted by molar-refractivity contribution is 7.98. The molecule has 0 spiro atoms. The van der Waals surface area contributed by atoms with Gasteiger partial charge < -0.3 is 14.7 Å². The molecule has 0 radical (unpaired) electrons. The molecule has 0 unspecified atom stereocenters. The number of hydrogen-bond acceptors (Lipinski definition) is 8. The number of nitrogens with zero attached hydrogens (tertiary/aromatic N) is 5. The summed E-state index contributed by atoms with van der Waals surface area (Å²) in [5, 5.41) is 16.7. The van der Waals surface area contributed by atoms with Crippen LogP contribution >= 0.6 is 11.8 Å². The molecule has 0 saturated heterocycles. The Hall–Kier alpha value is -3.07. The van der Waals surface area contributed by atoms with Crippen LogP contribution in [-0.4, -0.2) is 25.1 Å². The molecule has 0 saturated carbocycles. The van der Waals surface area contributed by atoms with Crippen LogP contribution in [0.1, 0.15) is 5.89 Å². The second kappa shape index (κ2) is 6.20. The fourth-order valence-corrected chi connectivity index (χ4v) is 2.78. The first-order valence-electron chi connectivity index (χ1n) is 7.06. The van der Waals surface area contributed by atoms with Crippen molar-refractivity contribution >= 4 is 11.8 Å². The molecule has 0 fully saturated rings. The van der Waals surface area contributed by atoms with Crippen molar-refractivity contribution in [3.63, 3.8) is 0 Å². The molecule has 120 valence electrons. The van der Waals surface area contributed by atoms with Gasteiger partial charge in [0.25, 0.3) is 0 Å². The number of rotatable bonds is 5. The Morgan fingerprint density at radius 1 is 1.00 bits per heavy atom. The topological polar surface area (TPSA) is 109 Å². The highest BCUT2D eigenvalue weighted by atomic mass is 32.2. The monoisotopic (exact) mass is 340 g/mol. The molecular weight excluding hydrogens is 328 g/mol. The van der Waals surface area contributed by atoms with E-state index in [1.165, 1.54) is 16.4 Å². The zero-order valence-electron chi connectivity index (χ0n) is 12.4. The Balaban J connectivity index is 1.47. The van der Waals surface area contributed by atoms with Crippen LogP contribution in [-0.2, 0) is 5.75 Å². The van der Waals surface area contributed by atoms with Crippen molar-refractivity contribution in [2.24, 2.45) is 0 Å². The molecule has 4 rings (SSSR count). The lowest BCUT2D eigenvalue weighted by molar-refractivity contribution is 0.528. The Morgan fingerprint density at radius 2 is 1.88 bits per heavy atom. The minimum atomic E-state index is 0.438. The van der Waals surface area contributed by atoms with E-state index in [1.807, 2.05) is 30.3 Å². The van der Waals surface area contributed by atoms with Crippen molar-refractivity contribution < 1.29 is 8.83 Å². The van der Waals surface area contributed by atoms with Gasteiger partial charge in [0, 0.05) is 5.56 Å². The van der Waals surface area contributed by atoms with E-state index in [2.05, 4.69) is 20.4 Å². The van der Waals surface area contributed by atoms with Crippen molar-refractivity contribution in [1.82, 2.24) is 25.1 Å². The van der Waals surface area contributed by atoms with E-state index in [4.69, 9.17) is 14.7 Å². The average molecular weight is 340 g/mol. The summed E-state index contributed by atoms with van der Waals surface area (Å²) in [5.41, 5.74) is 0.878. The Labute approximate surface area is 140 Å². The molecule has 9 heteroatoms.